The number of carbonyl (C=O) groups is 1. The van der Waals surface area contributed by atoms with Crippen LogP contribution >= 0.6 is 0 Å². The summed E-state index contributed by atoms with van der Waals surface area (Å²) in [5.74, 6) is -0.512. The van der Waals surface area contributed by atoms with Crippen molar-refractivity contribution in [1.82, 2.24) is 0 Å². The van der Waals surface area contributed by atoms with Gasteiger partial charge in [-0.15, -0.1) is 0 Å². The molecule has 1 aromatic rings. The zero-order chi connectivity index (χ0) is 13.4. The minimum atomic E-state index is -1.01. The molecule has 0 amide bonds. The van der Waals surface area contributed by atoms with E-state index >= 15 is 0 Å². The van der Waals surface area contributed by atoms with E-state index in [0.29, 0.717) is 24.3 Å². The van der Waals surface area contributed by atoms with Crippen molar-refractivity contribution in [3.05, 3.63) is 45.8 Å². The predicted octanol–water partition coefficient (Wildman–Crippen LogP) is 3.11. The lowest BCUT2D eigenvalue weighted by Crippen LogP contribution is -2.00. The topological polar surface area (TPSA) is 95.3 Å². The molecule has 0 bridgehead atoms. The molecule has 0 aromatic heterocycles. The Bertz CT molecular complexity index is 505. The van der Waals surface area contributed by atoms with Crippen LogP contribution in [0.4, 0.5) is 0 Å². The average molecular weight is 247 g/mol. The number of benzene rings is 1. The molecule has 1 N–H and O–H groups in total. The molecule has 0 atom stereocenters. The van der Waals surface area contributed by atoms with Crippen LogP contribution in [0.1, 0.15) is 22.3 Å². The highest BCUT2D eigenvalue weighted by atomic mass is 16.5. The number of ether oxygens (including phenoxy) is 1. The van der Waals surface area contributed by atoms with Gasteiger partial charge >= 0.3 is 5.97 Å². The fraction of sp³-hybridized carbons (Fsp3) is 0.250. The first-order chi connectivity index (χ1) is 8.69. The van der Waals surface area contributed by atoms with Gasteiger partial charge in [0.2, 0.25) is 0 Å². The van der Waals surface area contributed by atoms with Gasteiger partial charge in [0.05, 0.1) is 12.7 Å². The number of azide groups is 1. The molecule has 6 nitrogen and oxygen atoms in total. The van der Waals surface area contributed by atoms with Crippen LogP contribution in [0.25, 0.3) is 16.5 Å². The number of rotatable bonds is 6. The van der Waals surface area contributed by atoms with Crippen molar-refractivity contribution in [2.24, 2.45) is 5.11 Å². The minimum absolute atomic E-state index is 0.175. The van der Waals surface area contributed by atoms with Crippen molar-refractivity contribution in [2.45, 2.75) is 6.42 Å². The highest BCUT2D eigenvalue weighted by Gasteiger charge is 2.09. The van der Waals surface area contributed by atoms with E-state index in [-0.39, 0.29) is 5.56 Å². The molecule has 0 aliphatic heterocycles. The van der Waals surface area contributed by atoms with Crippen molar-refractivity contribution in [3.63, 3.8) is 0 Å². The molecule has 0 aliphatic rings. The molecule has 0 radical (unpaired) electrons. The SMILES string of the molecule is COc1ccc(C=CCCN=[N+]=[N-])c(C(=O)O)c1. The lowest BCUT2D eigenvalue weighted by molar-refractivity contribution is 0.0696. The van der Waals surface area contributed by atoms with E-state index in [0.717, 1.165) is 0 Å². The second kappa shape index (κ2) is 6.98. The first-order valence-electron chi connectivity index (χ1n) is 5.27. The number of carboxylic acids is 1. The van der Waals surface area contributed by atoms with E-state index in [1.807, 2.05) is 0 Å². The zero-order valence-electron chi connectivity index (χ0n) is 9.91. The Morgan fingerprint density at radius 1 is 1.61 bits per heavy atom. The van der Waals surface area contributed by atoms with Crippen molar-refractivity contribution in [1.29, 1.82) is 0 Å². The third-order valence-electron chi connectivity index (χ3n) is 2.25. The molecule has 0 heterocycles. The highest BCUT2D eigenvalue weighted by molar-refractivity contribution is 5.92. The second-order valence-corrected chi connectivity index (χ2v) is 3.40. The highest BCUT2D eigenvalue weighted by Crippen LogP contribution is 2.19. The van der Waals surface area contributed by atoms with Gasteiger partial charge in [-0.1, -0.05) is 23.3 Å². The summed E-state index contributed by atoms with van der Waals surface area (Å²) in [6.45, 7) is 0.353. The molecule has 0 unspecified atom stereocenters. The maximum atomic E-state index is 11.1. The van der Waals surface area contributed by atoms with Gasteiger partial charge in [-0.3, -0.25) is 0 Å². The van der Waals surface area contributed by atoms with Gasteiger partial charge in [0.1, 0.15) is 5.75 Å². The van der Waals surface area contributed by atoms with Gasteiger partial charge in [0.25, 0.3) is 0 Å². The summed E-state index contributed by atoms with van der Waals surface area (Å²) < 4.78 is 4.97. The lowest BCUT2D eigenvalue weighted by atomic mass is 10.1. The molecule has 94 valence electrons. The van der Waals surface area contributed by atoms with E-state index in [1.165, 1.54) is 13.2 Å². The van der Waals surface area contributed by atoms with Crippen LogP contribution in [-0.4, -0.2) is 24.7 Å². The summed E-state index contributed by atoms with van der Waals surface area (Å²) >= 11 is 0. The van der Waals surface area contributed by atoms with E-state index in [2.05, 4.69) is 10.0 Å². The number of carboxylic acid groups (broad SMARTS) is 1. The quantitative estimate of drug-likeness (QED) is 0.362. The third kappa shape index (κ3) is 3.84. The summed E-state index contributed by atoms with van der Waals surface area (Å²) in [6.07, 6.45) is 4.02. The average Bonchev–Trinajstić information content (AvgIpc) is 2.38. The Balaban J connectivity index is 2.87. The Labute approximate surface area is 104 Å². The lowest BCUT2D eigenvalue weighted by Gasteiger charge is -2.04. The number of aromatic carboxylic acids is 1. The summed E-state index contributed by atoms with van der Waals surface area (Å²) in [6, 6.07) is 4.83. The smallest absolute Gasteiger partial charge is 0.336 e. The van der Waals surface area contributed by atoms with Crippen LogP contribution in [0.3, 0.4) is 0 Å². The normalized spacial score (nSPS) is 10.1. The number of hydrogen-bond donors (Lipinski definition) is 1. The Morgan fingerprint density at radius 3 is 3.00 bits per heavy atom. The Morgan fingerprint density at radius 2 is 2.39 bits per heavy atom. The first-order valence-corrected chi connectivity index (χ1v) is 5.27. The summed E-state index contributed by atoms with van der Waals surface area (Å²) in [5, 5.41) is 12.5. The minimum Gasteiger partial charge on any atom is -0.497 e. The maximum Gasteiger partial charge on any atom is 0.336 e. The molecule has 0 saturated heterocycles. The Hall–Kier alpha value is -2.46. The number of nitrogens with zero attached hydrogens (tertiary/aromatic N) is 3. The monoisotopic (exact) mass is 247 g/mol. The molecular weight excluding hydrogens is 234 g/mol. The van der Waals surface area contributed by atoms with Gasteiger partial charge in [0, 0.05) is 11.5 Å². The fourth-order valence-corrected chi connectivity index (χ4v) is 1.38. The second-order valence-electron chi connectivity index (χ2n) is 3.40. The number of methoxy groups -OCH3 is 1. The predicted molar refractivity (Wildman–Crippen MR) is 67.6 cm³/mol. The van der Waals surface area contributed by atoms with E-state index in [1.54, 1.807) is 24.3 Å². The van der Waals surface area contributed by atoms with E-state index < -0.39 is 5.97 Å². The molecule has 0 aliphatic carbocycles. The van der Waals surface area contributed by atoms with Crippen LogP contribution in [0, 0.1) is 0 Å². The molecular formula is C12H13N3O3. The van der Waals surface area contributed by atoms with E-state index in [4.69, 9.17) is 15.4 Å². The van der Waals surface area contributed by atoms with Crippen LogP contribution in [-0.2, 0) is 0 Å². The molecule has 0 spiro atoms. The fourth-order valence-electron chi connectivity index (χ4n) is 1.38. The molecule has 18 heavy (non-hydrogen) atoms. The third-order valence-corrected chi connectivity index (χ3v) is 2.25. The van der Waals surface area contributed by atoms with Gasteiger partial charge in [-0.25, -0.2) is 4.79 Å². The van der Waals surface area contributed by atoms with Crippen molar-refractivity contribution in [3.8, 4) is 5.75 Å². The first kappa shape index (κ1) is 13.6. The van der Waals surface area contributed by atoms with Crippen LogP contribution in [0.15, 0.2) is 29.4 Å². The van der Waals surface area contributed by atoms with Crippen LogP contribution < -0.4 is 4.74 Å². The van der Waals surface area contributed by atoms with Crippen molar-refractivity contribution >= 4 is 12.0 Å². The summed E-state index contributed by atoms with van der Waals surface area (Å²) in [4.78, 5) is 13.7. The molecule has 1 aromatic carbocycles. The van der Waals surface area contributed by atoms with Gasteiger partial charge in [0.15, 0.2) is 0 Å². The molecule has 6 heteroatoms. The van der Waals surface area contributed by atoms with Crippen LogP contribution in [0.2, 0.25) is 0 Å². The van der Waals surface area contributed by atoms with Gasteiger partial charge in [-0.2, -0.15) is 0 Å². The zero-order valence-corrected chi connectivity index (χ0v) is 9.91. The summed E-state index contributed by atoms with van der Waals surface area (Å²) in [7, 11) is 1.48. The molecule has 0 fully saturated rings. The largest absolute Gasteiger partial charge is 0.497 e. The van der Waals surface area contributed by atoms with Crippen LogP contribution in [0.5, 0.6) is 5.75 Å². The Kier molecular flexibility index (Phi) is 5.28. The molecule has 1 rings (SSSR count). The summed E-state index contributed by atoms with van der Waals surface area (Å²) in [5.41, 5.74) is 8.86. The van der Waals surface area contributed by atoms with Gasteiger partial charge < -0.3 is 9.84 Å². The van der Waals surface area contributed by atoms with Crippen molar-refractivity contribution in [2.75, 3.05) is 13.7 Å². The standard InChI is InChI=1S/C12H13N3O3/c1-18-10-6-5-9(11(8-10)12(16)17)4-2-3-7-14-15-13/h2,4-6,8H,3,7H2,1H3,(H,16,17). The van der Waals surface area contributed by atoms with Gasteiger partial charge in [-0.05, 0) is 29.6 Å². The molecule has 0 saturated carbocycles. The maximum absolute atomic E-state index is 11.1. The van der Waals surface area contributed by atoms with E-state index in [9.17, 15) is 4.79 Å². The number of hydrogen-bond acceptors (Lipinski definition) is 3. The van der Waals surface area contributed by atoms with Crippen molar-refractivity contribution < 1.29 is 14.6 Å².